The number of rotatable bonds is 3. The Morgan fingerprint density at radius 3 is 2.58 bits per heavy atom. The van der Waals surface area contributed by atoms with Crippen LogP contribution in [0.3, 0.4) is 0 Å². The Morgan fingerprint density at radius 2 is 1.87 bits per heavy atom. The molecule has 6 heteroatoms. The van der Waals surface area contributed by atoms with Crippen LogP contribution in [0.25, 0.3) is 10.9 Å². The molecule has 0 saturated heterocycles. The highest BCUT2D eigenvalue weighted by molar-refractivity contribution is 5.86. The largest absolute Gasteiger partial charge is 0.358 e. The number of para-hydroxylation sites is 1. The van der Waals surface area contributed by atoms with Crippen LogP contribution in [0.4, 0.5) is 4.79 Å². The second-order valence-corrected chi connectivity index (χ2v) is 10.4. The summed E-state index contributed by atoms with van der Waals surface area (Å²) in [5.41, 5.74) is 3.51. The molecule has 3 amide bonds. The van der Waals surface area contributed by atoms with E-state index in [1.54, 1.807) is 4.90 Å². The van der Waals surface area contributed by atoms with E-state index in [1.165, 1.54) is 22.2 Å². The van der Waals surface area contributed by atoms with E-state index < -0.39 is 0 Å². The van der Waals surface area contributed by atoms with Gasteiger partial charge >= 0.3 is 6.03 Å². The minimum atomic E-state index is -0.228. The van der Waals surface area contributed by atoms with E-state index in [9.17, 15) is 9.59 Å². The van der Waals surface area contributed by atoms with Gasteiger partial charge in [-0.05, 0) is 58.4 Å². The van der Waals surface area contributed by atoms with Crippen LogP contribution in [0.5, 0.6) is 0 Å². The van der Waals surface area contributed by atoms with E-state index in [1.807, 2.05) is 27.8 Å². The second-order valence-electron chi connectivity index (χ2n) is 10.4. The lowest BCUT2D eigenvalue weighted by molar-refractivity contribution is -0.137. The number of nitrogens with one attached hydrogen (secondary N) is 2. The molecule has 168 valence electrons. The third kappa shape index (κ3) is 4.89. The van der Waals surface area contributed by atoms with Gasteiger partial charge in [0.05, 0.1) is 0 Å². The van der Waals surface area contributed by atoms with Crippen molar-refractivity contribution in [2.24, 2.45) is 11.8 Å². The molecule has 1 aliphatic carbocycles. The van der Waals surface area contributed by atoms with E-state index >= 15 is 0 Å². The fourth-order valence-electron chi connectivity index (χ4n) is 5.09. The average molecular weight is 425 g/mol. The third-order valence-corrected chi connectivity index (χ3v) is 6.75. The Balaban J connectivity index is 1.30. The molecule has 1 aliphatic heterocycles. The van der Waals surface area contributed by atoms with Crippen LogP contribution in [-0.2, 0) is 17.8 Å². The fraction of sp³-hybridized carbons (Fsp3) is 0.600. The van der Waals surface area contributed by atoms with Crippen molar-refractivity contribution in [3.63, 3.8) is 0 Å². The van der Waals surface area contributed by atoms with E-state index in [-0.39, 0.29) is 17.5 Å². The lowest BCUT2D eigenvalue weighted by Crippen LogP contribution is -2.48. The molecule has 1 aromatic carbocycles. The molecule has 2 N–H and O–H groups in total. The lowest BCUT2D eigenvalue weighted by atomic mass is 9.81. The van der Waals surface area contributed by atoms with Gasteiger partial charge in [-0.25, -0.2) is 4.79 Å². The number of hydrogen-bond acceptors (Lipinski definition) is 2. The van der Waals surface area contributed by atoms with Crippen molar-refractivity contribution in [2.45, 2.75) is 65.0 Å². The second kappa shape index (κ2) is 8.56. The van der Waals surface area contributed by atoms with Crippen LogP contribution in [0.1, 0.15) is 57.7 Å². The Bertz CT molecular complexity index is 950. The molecule has 1 saturated carbocycles. The number of carbonyl (C=O) groups excluding carboxylic acids is 2. The molecule has 0 bridgehead atoms. The zero-order valence-corrected chi connectivity index (χ0v) is 19.3. The zero-order valence-electron chi connectivity index (χ0n) is 19.3. The molecule has 0 spiro atoms. The first-order chi connectivity index (χ1) is 14.7. The average Bonchev–Trinajstić information content (AvgIpc) is 3.10. The number of aromatic amines is 1. The minimum absolute atomic E-state index is 0.0199. The van der Waals surface area contributed by atoms with Crippen LogP contribution in [-0.4, -0.2) is 52.4 Å². The molecule has 1 aromatic heterocycles. The summed E-state index contributed by atoms with van der Waals surface area (Å²) < 4.78 is 0. The normalized spacial score (nSPS) is 21.6. The van der Waals surface area contributed by atoms with E-state index in [0.717, 1.165) is 45.2 Å². The molecule has 4 rings (SSSR count). The van der Waals surface area contributed by atoms with Crippen LogP contribution in [0.2, 0.25) is 0 Å². The van der Waals surface area contributed by atoms with Gasteiger partial charge in [-0.1, -0.05) is 18.2 Å². The molecule has 6 nitrogen and oxygen atoms in total. The topological polar surface area (TPSA) is 68.4 Å². The van der Waals surface area contributed by atoms with Gasteiger partial charge in [0.1, 0.15) is 0 Å². The summed E-state index contributed by atoms with van der Waals surface area (Å²) in [5, 5.41) is 4.27. The Kier molecular flexibility index (Phi) is 6.00. The van der Waals surface area contributed by atoms with E-state index in [4.69, 9.17) is 0 Å². The van der Waals surface area contributed by atoms with Crippen molar-refractivity contribution < 1.29 is 9.59 Å². The van der Waals surface area contributed by atoms with Gasteiger partial charge in [0.2, 0.25) is 5.91 Å². The first kappa shape index (κ1) is 21.7. The molecule has 0 unspecified atom stereocenters. The predicted octanol–water partition coefficient (Wildman–Crippen LogP) is 4.30. The van der Waals surface area contributed by atoms with Gasteiger partial charge in [-0.3, -0.25) is 4.79 Å². The number of benzene rings is 1. The maximum absolute atomic E-state index is 13.3. The number of carbonyl (C=O) groups is 2. The lowest BCUT2D eigenvalue weighted by Gasteiger charge is -2.35. The van der Waals surface area contributed by atoms with Crippen molar-refractivity contribution in [3.8, 4) is 0 Å². The van der Waals surface area contributed by atoms with Crippen LogP contribution < -0.4 is 5.32 Å². The molecule has 2 aromatic rings. The summed E-state index contributed by atoms with van der Waals surface area (Å²) in [5.74, 6) is 0.909. The first-order valence-electron chi connectivity index (χ1n) is 11.6. The summed E-state index contributed by atoms with van der Waals surface area (Å²) in [4.78, 5) is 33.0. The predicted molar refractivity (Wildman–Crippen MR) is 124 cm³/mol. The highest BCUT2D eigenvalue weighted by Crippen LogP contribution is 2.33. The highest BCUT2D eigenvalue weighted by atomic mass is 16.2. The van der Waals surface area contributed by atoms with Gasteiger partial charge in [0, 0.05) is 66.7 Å². The van der Waals surface area contributed by atoms with E-state index in [0.29, 0.717) is 18.4 Å². The zero-order chi connectivity index (χ0) is 22.2. The summed E-state index contributed by atoms with van der Waals surface area (Å²) in [7, 11) is 1.87. The number of fused-ring (bicyclic) bond motifs is 3. The molecule has 0 radical (unpaired) electrons. The van der Waals surface area contributed by atoms with Crippen molar-refractivity contribution in [3.05, 3.63) is 35.5 Å². The smallest absolute Gasteiger partial charge is 0.317 e. The van der Waals surface area contributed by atoms with Gasteiger partial charge in [-0.15, -0.1) is 0 Å². The number of H-pyrrole nitrogens is 1. The van der Waals surface area contributed by atoms with Crippen LogP contribution in [0.15, 0.2) is 24.3 Å². The maximum Gasteiger partial charge on any atom is 0.317 e. The van der Waals surface area contributed by atoms with Gasteiger partial charge in [-0.2, -0.15) is 0 Å². The molecule has 2 aliphatic rings. The molecule has 2 heterocycles. The Hall–Kier alpha value is -2.50. The molecular formula is C25H36N4O2. The number of nitrogens with zero attached hydrogens (tertiary/aromatic N) is 2. The number of amides is 3. The number of urea groups is 1. The van der Waals surface area contributed by atoms with Crippen molar-refractivity contribution in [2.75, 3.05) is 20.1 Å². The molecular weight excluding hydrogens is 388 g/mol. The maximum atomic E-state index is 13.3. The van der Waals surface area contributed by atoms with Crippen molar-refractivity contribution in [1.29, 1.82) is 0 Å². The molecule has 0 atom stereocenters. The van der Waals surface area contributed by atoms with Crippen molar-refractivity contribution >= 4 is 22.8 Å². The highest BCUT2D eigenvalue weighted by Gasteiger charge is 2.32. The number of hydrogen-bond donors (Lipinski definition) is 2. The quantitative estimate of drug-likeness (QED) is 0.771. The van der Waals surface area contributed by atoms with Crippen molar-refractivity contribution in [1.82, 2.24) is 20.1 Å². The van der Waals surface area contributed by atoms with Gasteiger partial charge < -0.3 is 20.1 Å². The molecule has 31 heavy (non-hydrogen) atoms. The number of aromatic nitrogens is 1. The molecule has 1 fully saturated rings. The summed E-state index contributed by atoms with van der Waals surface area (Å²) in [6.45, 7) is 8.26. The SMILES string of the molecule is CN(C[C@H]1CC[C@H](C(=O)N2CCc3[nH]c4ccccc4c3C2)CC1)C(=O)NC(C)(C)C. The third-order valence-electron chi connectivity index (χ3n) is 6.75. The van der Waals surface area contributed by atoms with Crippen LogP contribution in [0, 0.1) is 11.8 Å². The minimum Gasteiger partial charge on any atom is -0.358 e. The van der Waals surface area contributed by atoms with Crippen LogP contribution >= 0.6 is 0 Å². The van der Waals surface area contributed by atoms with Gasteiger partial charge in [0.15, 0.2) is 0 Å². The standard InChI is InChI=1S/C25H36N4O2/c1-25(2,3)27-24(31)28(4)15-17-9-11-18(12-10-17)23(30)29-14-13-22-20(16-29)19-7-5-6-8-21(19)26-22/h5-8,17-18,26H,9-16H2,1-4H3,(H,27,31)/t17-,18-. The van der Waals surface area contributed by atoms with E-state index in [2.05, 4.69) is 39.5 Å². The Morgan fingerprint density at radius 1 is 1.16 bits per heavy atom. The fourth-order valence-corrected chi connectivity index (χ4v) is 5.09. The monoisotopic (exact) mass is 424 g/mol. The summed E-state index contributed by atoms with van der Waals surface area (Å²) in [6.07, 6.45) is 4.77. The Labute approximate surface area is 185 Å². The van der Waals surface area contributed by atoms with Gasteiger partial charge in [0.25, 0.3) is 0 Å². The first-order valence-corrected chi connectivity index (χ1v) is 11.6. The summed E-state index contributed by atoms with van der Waals surface area (Å²) >= 11 is 0. The summed E-state index contributed by atoms with van der Waals surface area (Å²) in [6, 6.07) is 8.36.